The Morgan fingerprint density at radius 3 is 2.65 bits per heavy atom. The maximum atomic E-state index is 12.0. The van der Waals surface area contributed by atoms with Crippen LogP contribution in [-0.4, -0.2) is 45.2 Å². The summed E-state index contributed by atoms with van der Waals surface area (Å²) in [6, 6.07) is 0. The van der Waals surface area contributed by atoms with Crippen LogP contribution in [0.5, 0.6) is 0 Å². The van der Waals surface area contributed by atoms with E-state index in [-0.39, 0.29) is 11.4 Å². The van der Waals surface area contributed by atoms with E-state index in [1.54, 1.807) is 6.92 Å². The lowest BCUT2D eigenvalue weighted by molar-refractivity contribution is -0.171. The van der Waals surface area contributed by atoms with E-state index >= 15 is 0 Å². The zero-order valence-corrected chi connectivity index (χ0v) is 12.2. The summed E-state index contributed by atoms with van der Waals surface area (Å²) in [6.45, 7) is 5.75. The second-order valence-electron chi connectivity index (χ2n) is 7.59. The van der Waals surface area contributed by atoms with E-state index in [1.807, 2.05) is 6.92 Å². The van der Waals surface area contributed by atoms with Crippen LogP contribution in [-0.2, 0) is 14.3 Å². The van der Waals surface area contributed by atoms with Crippen molar-refractivity contribution >= 4 is 5.97 Å². The third-order valence-corrected chi connectivity index (χ3v) is 6.81. The van der Waals surface area contributed by atoms with Crippen molar-refractivity contribution in [2.45, 2.75) is 75.5 Å². The highest BCUT2D eigenvalue weighted by Crippen LogP contribution is 2.73. The standard InChI is InChI=1S/C15H22O5/c1-8-10(17)19-11-14(8,18)7-6-12(2)5-4-9(16)13(3)15(11,12)20-13/h8-9,11,16,18H,4-7H2,1-3H3/t8-,9+,11+,12+,13?,14+,15?/m0/s1. The Morgan fingerprint density at radius 2 is 1.95 bits per heavy atom. The SMILES string of the molecule is C[C@H]1C(=O)O[C@H]2C34OC3(C)[C@H](O)CC[C@]4(C)CC[C@@]12O. The first-order valence-corrected chi connectivity index (χ1v) is 7.52. The molecule has 2 aliphatic heterocycles. The van der Waals surface area contributed by atoms with Gasteiger partial charge in [0.25, 0.3) is 0 Å². The molecule has 0 aromatic rings. The van der Waals surface area contributed by atoms with E-state index in [0.717, 1.165) is 12.8 Å². The molecule has 0 aromatic carbocycles. The summed E-state index contributed by atoms with van der Waals surface area (Å²) in [5.74, 6) is -0.881. The van der Waals surface area contributed by atoms with Gasteiger partial charge in [-0.25, -0.2) is 0 Å². The van der Waals surface area contributed by atoms with Gasteiger partial charge in [0.05, 0.1) is 12.0 Å². The van der Waals surface area contributed by atoms with Gasteiger partial charge >= 0.3 is 5.97 Å². The molecule has 2 N–H and O–H groups in total. The van der Waals surface area contributed by atoms with Gasteiger partial charge in [-0.05, 0) is 39.5 Å². The van der Waals surface area contributed by atoms with Crippen LogP contribution in [0.1, 0.15) is 46.5 Å². The van der Waals surface area contributed by atoms with Crippen molar-refractivity contribution in [3.8, 4) is 0 Å². The van der Waals surface area contributed by atoms with E-state index in [0.29, 0.717) is 12.8 Å². The molecule has 5 heteroatoms. The highest BCUT2D eigenvalue weighted by molar-refractivity contribution is 5.77. The summed E-state index contributed by atoms with van der Waals surface area (Å²) >= 11 is 0. The Balaban J connectivity index is 1.85. The summed E-state index contributed by atoms with van der Waals surface area (Å²) in [5.41, 5.74) is -2.75. The number of rotatable bonds is 0. The van der Waals surface area contributed by atoms with Crippen LogP contribution in [0.3, 0.4) is 0 Å². The van der Waals surface area contributed by atoms with Crippen molar-refractivity contribution < 1.29 is 24.5 Å². The fourth-order valence-corrected chi connectivity index (χ4v) is 5.21. The number of aliphatic hydroxyl groups is 2. The Bertz CT molecular complexity index is 506. The van der Waals surface area contributed by atoms with E-state index in [4.69, 9.17) is 9.47 Å². The number of fused-ring (bicyclic) bond motifs is 1. The van der Waals surface area contributed by atoms with Gasteiger partial charge in [-0.2, -0.15) is 0 Å². The molecule has 112 valence electrons. The molecule has 7 atom stereocenters. The molecule has 2 saturated carbocycles. The Morgan fingerprint density at radius 1 is 1.25 bits per heavy atom. The molecule has 0 radical (unpaired) electrons. The van der Waals surface area contributed by atoms with Crippen molar-refractivity contribution in [3.63, 3.8) is 0 Å². The van der Waals surface area contributed by atoms with E-state index in [1.165, 1.54) is 0 Å². The van der Waals surface area contributed by atoms with Crippen LogP contribution < -0.4 is 0 Å². The average Bonchev–Trinajstić information content (AvgIpc) is 2.99. The Hall–Kier alpha value is -0.650. The Labute approximate surface area is 118 Å². The third kappa shape index (κ3) is 1.05. The van der Waals surface area contributed by atoms with Crippen molar-refractivity contribution in [1.29, 1.82) is 0 Å². The van der Waals surface area contributed by atoms with Crippen molar-refractivity contribution in [2.24, 2.45) is 11.3 Å². The molecule has 4 fully saturated rings. The minimum absolute atomic E-state index is 0.151. The number of aliphatic hydroxyl groups excluding tert-OH is 1. The molecule has 2 aliphatic carbocycles. The molecule has 0 amide bonds. The van der Waals surface area contributed by atoms with Crippen molar-refractivity contribution in [3.05, 3.63) is 0 Å². The molecule has 1 spiro atoms. The maximum Gasteiger partial charge on any atom is 0.312 e. The van der Waals surface area contributed by atoms with Gasteiger partial charge < -0.3 is 19.7 Å². The lowest BCUT2D eigenvalue weighted by atomic mass is 9.51. The second-order valence-corrected chi connectivity index (χ2v) is 7.59. The lowest BCUT2D eigenvalue weighted by Gasteiger charge is -2.52. The molecule has 0 aromatic heterocycles. The van der Waals surface area contributed by atoms with Crippen LogP contribution in [0, 0.1) is 11.3 Å². The van der Waals surface area contributed by atoms with Gasteiger partial charge in [0.15, 0.2) is 6.10 Å². The largest absolute Gasteiger partial charge is 0.456 e. The fourth-order valence-electron chi connectivity index (χ4n) is 5.21. The van der Waals surface area contributed by atoms with Crippen LogP contribution >= 0.6 is 0 Å². The second kappa shape index (κ2) is 3.23. The summed E-state index contributed by atoms with van der Waals surface area (Å²) in [5, 5.41) is 21.3. The van der Waals surface area contributed by atoms with Gasteiger partial charge in [-0.15, -0.1) is 0 Å². The van der Waals surface area contributed by atoms with Crippen LogP contribution in [0.15, 0.2) is 0 Å². The molecule has 2 saturated heterocycles. The maximum absolute atomic E-state index is 12.0. The number of esters is 1. The molecule has 5 nitrogen and oxygen atoms in total. The number of carbonyl (C=O) groups is 1. The summed E-state index contributed by atoms with van der Waals surface area (Å²) in [6.07, 6.45) is 1.66. The normalized spacial score (nSPS) is 64.0. The third-order valence-electron chi connectivity index (χ3n) is 6.81. The topological polar surface area (TPSA) is 79.3 Å². The molecule has 20 heavy (non-hydrogen) atoms. The molecular weight excluding hydrogens is 260 g/mol. The quantitative estimate of drug-likeness (QED) is 0.506. The number of hydrogen-bond donors (Lipinski definition) is 2. The predicted molar refractivity (Wildman–Crippen MR) is 68.8 cm³/mol. The zero-order valence-electron chi connectivity index (χ0n) is 12.2. The average molecular weight is 282 g/mol. The summed E-state index contributed by atoms with van der Waals surface area (Å²) in [7, 11) is 0. The van der Waals surface area contributed by atoms with E-state index < -0.39 is 34.9 Å². The molecule has 0 bridgehead atoms. The van der Waals surface area contributed by atoms with Crippen LogP contribution in [0.25, 0.3) is 0 Å². The summed E-state index contributed by atoms with van der Waals surface area (Å²) in [4.78, 5) is 12.0. The number of carbonyl (C=O) groups excluding carboxylic acids is 1. The highest BCUT2D eigenvalue weighted by atomic mass is 16.7. The van der Waals surface area contributed by atoms with Gasteiger partial charge in [0.1, 0.15) is 16.8 Å². The van der Waals surface area contributed by atoms with Crippen LogP contribution in [0.2, 0.25) is 0 Å². The highest BCUT2D eigenvalue weighted by Gasteiger charge is 2.88. The van der Waals surface area contributed by atoms with Gasteiger partial charge in [-0.1, -0.05) is 6.92 Å². The number of ether oxygens (including phenoxy) is 2. The monoisotopic (exact) mass is 282 g/mol. The smallest absolute Gasteiger partial charge is 0.312 e. The van der Waals surface area contributed by atoms with Gasteiger partial charge in [-0.3, -0.25) is 4.79 Å². The molecule has 4 rings (SSSR count). The molecule has 2 unspecified atom stereocenters. The number of epoxide rings is 1. The molecular formula is C15H22O5. The predicted octanol–water partition coefficient (Wildman–Crippen LogP) is 0.761. The first-order chi connectivity index (χ1) is 9.21. The van der Waals surface area contributed by atoms with E-state index in [2.05, 4.69) is 6.92 Å². The minimum Gasteiger partial charge on any atom is -0.456 e. The first kappa shape index (κ1) is 13.0. The fraction of sp³-hybridized carbons (Fsp3) is 0.933. The molecule has 2 heterocycles. The number of hydrogen-bond acceptors (Lipinski definition) is 5. The summed E-state index contributed by atoms with van der Waals surface area (Å²) < 4.78 is 11.6. The lowest BCUT2D eigenvalue weighted by Crippen LogP contribution is -2.66. The van der Waals surface area contributed by atoms with Crippen molar-refractivity contribution in [1.82, 2.24) is 0 Å². The Kier molecular flexibility index (Phi) is 2.11. The van der Waals surface area contributed by atoms with Crippen molar-refractivity contribution in [2.75, 3.05) is 0 Å². The van der Waals surface area contributed by atoms with Gasteiger partial charge in [0.2, 0.25) is 0 Å². The van der Waals surface area contributed by atoms with E-state index in [9.17, 15) is 15.0 Å². The van der Waals surface area contributed by atoms with Gasteiger partial charge in [0, 0.05) is 5.41 Å². The minimum atomic E-state index is -1.16. The van der Waals surface area contributed by atoms with Crippen LogP contribution in [0.4, 0.5) is 0 Å². The molecule has 4 aliphatic rings. The zero-order chi connectivity index (χ0) is 14.6. The first-order valence-electron chi connectivity index (χ1n) is 7.52.